The topological polar surface area (TPSA) is 19.9 Å². The van der Waals surface area contributed by atoms with Crippen LogP contribution in [-0.4, -0.2) is 11.5 Å². The van der Waals surface area contributed by atoms with E-state index in [-0.39, 0.29) is 0 Å². The molecule has 2 heteroatoms. The third-order valence-corrected chi connectivity index (χ3v) is 2.95. The minimum absolute atomic E-state index is 0.742. The van der Waals surface area contributed by atoms with Crippen LogP contribution in [-0.2, 0) is 4.55 Å². The van der Waals surface area contributed by atoms with Crippen molar-refractivity contribution in [1.29, 1.82) is 0 Å². The van der Waals surface area contributed by atoms with Gasteiger partial charge in [-0.1, -0.05) is 6.42 Å². The lowest BCUT2D eigenvalue weighted by Gasteiger charge is -2.16. The number of hydrogen-bond acceptors (Lipinski definition) is 0. The molecule has 0 unspecified atom stereocenters. The molecule has 0 N–H and O–H groups in total. The first-order chi connectivity index (χ1) is 3.39. The highest BCUT2D eigenvalue weighted by Crippen LogP contribution is 2.28. The van der Waals surface area contributed by atoms with Crippen molar-refractivity contribution in [2.24, 2.45) is 0 Å². The first kappa shape index (κ1) is 5.45. The maximum atomic E-state index is 10.6. The average molecular weight is 119 g/mol. The van der Waals surface area contributed by atoms with E-state index in [0.29, 0.717) is 0 Å². The highest BCUT2D eigenvalue weighted by atomic mass is 32.2. The molecule has 1 rings (SSSR count). The van der Waals surface area contributed by atoms with Crippen LogP contribution in [0.3, 0.4) is 0 Å². The van der Waals surface area contributed by atoms with Gasteiger partial charge in [0, 0.05) is 0 Å². The van der Waals surface area contributed by atoms with Gasteiger partial charge in [0.25, 0.3) is 0 Å². The van der Waals surface area contributed by atoms with Crippen molar-refractivity contribution >= 4 is 11.2 Å². The fourth-order valence-electron chi connectivity index (χ4n) is 0.865. The van der Waals surface area contributed by atoms with E-state index in [1.807, 2.05) is 0 Å². The van der Waals surface area contributed by atoms with E-state index in [1.165, 1.54) is 19.3 Å². The van der Waals surface area contributed by atoms with Gasteiger partial charge in [0.05, 0.1) is 0 Å². The maximum Gasteiger partial charge on any atom is -0.000732 e. The summed E-state index contributed by atoms with van der Waals surface area (Å²) in [5.41, 5.74) is 0. The van der Waals surface area contributed by atoms with Crippen molar-refractivity contribution in [3.05, 3.63) is 0 Å². The zero-order valence-electron chi connectivity index (χ0n) is 4.39. The van der Waals surface area contributed by atoms with Crippen LogP contribution in [0.1, 0.15) is 19.3 Å². The second-order valence-corrected chi connectivity index (χ2v) is 3.85. The molecule has 0 aromatic carbocycles. The molecule has 0 amide bonds. The Kier molecular flexibility index (Phi) is 2.00. The van der Waals surface area contributed by atoms with Gasteiger partial charge in [-0.3, -0.25) is 0 Å². The minimum atomic E-state index is -0.742. The summed E-state index contributed by atoms with van der Waals surface area (Å²) in [6, 6.07) is 0. The van der Waals surface area contributed by atoms with Gasteiger partial charge in [-0.25, -0.2) is 0 Å². The van der Waals surface area contributed by atoms with Crippen molar-refractivity contribution < 1.29 is 4.55 Å². The Labute approximate surface area is 47.3 Å². The average Bonchev–Trinajstić information content (AvgIpc) is 1.69. The fourth-order valence-corrected chi connectivity index (χ4v) is 2.24. The summed E-state index contributed by atoms with van der Waals surface area (Å²) in [5.74, 6) is 1.99. The molecule has 1 nitrogen and oxygen atoms in total. The number of hydrogen-bond donors (Lipinski definition) is 1. The first-order valence-corrected chi connectivity index (χ1v) is 4.45. The van der Waals surface area contributed by atoms with Crippen molar-refractivity contribution in [1.82, 2.24) is 0 Å². The van der Waals surface area contributed by atoms with Gasteiger partial charge in [-0.05, 0) is 24.3 Å². The Morgan fingerprint density at radius 3 is 1.86 bits per heavy atom. The SMILES string of the molecule is [O][SH]1CCCCC1. The number of rotatable bonds is 0. The molecule has 1 fully saturated rings. The molecule has 0 bridgehead atoms. The van der Waals surface area contributed by atoms with Gasteiger partial charge in [0.1, 0.15) is 0 Å². The van der Waals surface area contributed by atoms with E-state index in [4.69, 9.17) is 0 Å². The summed E-state index contributed by atoms with van der Waals surface area (Å²) in [6.07, 6.45) is 3.71. The van der Waals surface area contributed by atoms with Crippen molar-refractivity contribution in [3.63, 3.8) is 0 Å². The van der Waals surface area contributed by atoms with Crippen LogP contribution in [0.4, 0.5) is 0 Å². The van der Waals surface area contributed by atoms with E-state index in [9.17, 15) is 4.55 Å². The summed E-state index contributed by atoms with van der Waals surface area (Å²) in [7, 11) is 0. The standard InChI is InChI=1S/C5H11OS/c6-7-4-2-1-3-5-7/h7H,1-5H2. The molecular formula is C5H11OS. The van der Waals surface area contributed by atoms with E-state index >= 15 is 0 Å². The third kappa shape index (κ3) is 1.70. The van der Waals surface area contributed by atoms with Crippen LogP contribution < -0.4 is 0 Å². The van der Waals surface area contributed by atoms with E-state index < -0.39 is 11.2 Å². The molecule has 0 saturated carbocycles. The predicted octanol–water partition coefficient (Wildman–Crippen LogP) is 1.52. The molecule has 1 aliphatic heterocycles. The minimum Gasteiger partial charge on any atom is -0.178 e. The van der Waals surface area contributed by atoms with Crippen molar-refractivity contribution in [3.8, 4) is 0 Å². The molecule has 0 aromatic rings. The van der Waals surface area contributed by atoms with Crippen LogP contribution >= 0.6 is 11.2 Å². The maximum absolute atomic E-state index is 10.6. The zero-order valence-corrected chi connectivity index (χ0v) is 5.29. The van der Waals surface area contributed by atoms with Crippen LogP contribution in [0.2, 0.25) is 0 Å². The lowest BCUT2D eigenvalue weighted by Crippen LogP contribution is -1.99. The highest BCUT2D eigenvalue weighted by molar-refractivity contribution is 8.11. The Bertz CT molecular complexity index is 50.0. The summed E-state index contributed by atoms with van der Waals surface area (Å²) in [4.78, 5) is 0. The molecule has 1 radical (unpaired) electrons. The van der Waals surface area contributed by atoms with Crippen LogP contribution in [0.5, 0.6) is 0 Å². The monoisotopic (exact) mass is 119 g/mol. The van der Waals surface area contributed by atoms with Gasteiger partial charge in [0.15, 0.2) is 0 Å². The molecule has 0 aromatic heterocycles. The van der Waals surface area contributed by atoms with Crippen LogP contribution in [0.25, 0.3) is 0 Å². The van der Waals surface area contributed by atoms with Gasteiger partial charge >= 0.3 is 0 Å². The smallest absolute Gasteiger partial charge is 0.000732 e. The summed E-state index contributed by atoms with van der Waals surface area (Å²) < 4.78 is 10.6. The predicted molar refractivity (Wildman–Crippen MR) is 33.3 cm³/mol. The molecule has 0 atom stereocenters. The van der Waals surface area contributed by atoms with Gasteiger partial charge in [0.2, 0.25) is 0 Å². The second-order valence-electron chi connectivity index (χ2n) is 1.99. The lowest BCUT2D eigenvalue weighted by molar-refractivity contribution is 0.505. The van der Waals surface area contributed by atoms with Crippen LogP contribution in [0.15, 0.2) is 0 Å². The Morgan fingerprint density at radius 1 is 1.00 bits per heavy atom. The number of thiol groups is 1. The Balaban J connectivity index is 2.12. The molecule has 1 aliphatic rings. The summed E-state index contributed by atoms with van der Waals surface area (Å²) >= 11 is -0.742. The summed E-state index contributed by atoms with van der Waals surface area (Å²) in [5, 5.41) is 0. The quantitative estimate of drug-likeness (QED) is 0.466. The van der Waals surface area contributed by atoms with E-state index in [1.54, 1.807) is 0 Å². The molecule has 0 spiro atoms. The lowest BCUT2D eigenvalue weighted by atomic mass is 10.3. The third-order valence-electron chi connectivity index (χ3n) is 1.32. The molecule has 1 heterocycles. The van der Waals surface area contributed by atoms with Gasteiger partial charge in [-0.2, -0.15) is 4.55 Å². The molecule has 1 saturated heterocycles. The van der Waals surface area contributed by atoms with Crippen molar-refractivity contribution in [2.75, 3.05) is 11.5 Å². The van der Waals surface area contributed by atoms with E-state index in [0.717, 1.165) is 11.5 Å². The first-order valence-electron chi connectivity index (χ1n) is 2.82. The van der Waals surface area contributed by atoms with Crippen molar-refractivity contribution in [2.45, 2.75) is 19.3 Å². The van der Waals surface area contributed by atoms with Gasteiger partial charge < -0.3 is 0 Å². The Hall–Kier alpha value is 0.310. The molecule has 43 valence electrons. The molecule has 7 heavy (non-hydrogen) atoms. The second kappa shape index (κ2) is 2.58. The molecule has 0 aliphatic carbocycles. The fraction of sp³-hybridized carbons (Fsp3) is 1.00. The Morgan fingerprint density at radius 2 is 1.57 bits per heavy atom. The van der Waals surface area contributed by atoms with Crippen LogP contribution in [0, 0.1) is 0 Å². The highest BCUT2D eigenvalue weighted by Gasteiger charge is 2.05. The van der Waals surface area contributed by atoms with E-state index in [2.05, 4.69) is 0 Å². The zero-order chi connectivity index (χ0) is 5.11. The van der Waals surface area contributed by atoms with Gasteiger partial charge in [-0.15, -0.1) is 11.2 Å². The largest absolute Gasteiger partial charge is 0.178 e. The normalized spacial score (nSPS) is 27.9. The summed E-state index contributed by atoms with van der Waals surface area (Å²) in [6.45, 7) is 0. The molecular weight excluding hydrogens is 108 g/mol.